The second-order valence-corrected chi connectivity index (χ2v) is 4.85. The number of benzene rings is 1. The Kier molecular flexibility index (Phi) is 4.31. The Balaban J connectivity index is 2.66. The van der Waals surface area contributed by atoms with Gasteiger partial charge in [-0.1, -0.05) is 42.0 Å². The number of aryl methyl sites for hydroxylation is 2. The molecule has 0 saturated heterocycles. The van der Waals surface area contributed by atoms with Crippen LogP contribution in [0.5, 0.6) is 0 Å². The second kappa shape index (κ2) is 5.31. The highest BCUT2D eigenvalue weighted by Crippen LogP contribution is 2.21. The molecule has 16 heavy (non-hydrogen) atoms. The van der Waals surface area contributed by atoms with Crippen molar-refractivity contribution in [2.45, 2.75) is 39.2 Å². The van der Waals surface area contributed by atoms with E-state index in [0.29, 0.717) is 0 Å². The lowest BCUT2D eigenvalue weighted by molar-refractivity contribution is 0.420. The van der Waals surface area contributed by atoms with Gasteiger partial charge in [0.15, 0.2) is 0 Å². The molecule has 0 spiro atoms. The Bertz CT molecular complexity index is 367. The van der Waals surface area contributed by atoms with Crippen LogP contribution in [0.15, 0.2) is 36.4 Å². The van der Waals surface area contributed by atoms with Crippen molar-refractivity contribution in [3.8, 4) is 0 Å². The van der Waals surface area contributed by atoms with Crippen LogP contribution < -0.4 is 5.32 Å². The van der Waals surface area contributed by atoms with Gasteiger partial charge >= 0.3 is 0 Å². The van der Waals surface area contributed by atoms with Gasteiger partial charge < -0.3 is 5.32 Å². The molecule has 0 radical (unpaired) electrons. The van der Waals surface area contributed by atoms with E-state index in [4.69, 9.17) is 0 Å². The van der Waals surface area contributed by atoms with Gasteiger partial charge in [-0.3, -0.25) is 0 Å². The van der Waals surface area contributed by atoms with Gasteiger partial charge in [-0.2, -0.15) is 0 Å². The molecule has 1 unspecified atom stereocenters. The third-order valence-electron chi connectivity index (χ3n) is 3.49. The van der Waals surface area contributed by atoms with Crippen LogP contribution in [-0.2, 0) is 6.42 Å². The summed E-state index contributed by atoms with van der Waals surface area (Å²) in [5.74, 6) is 0. The molecule has 0 aromatic heterocycles. The zero-order valence-corrected chi connectivity index (χ0v) is 10.9. The Morgan fingerprint density at radius 2 is 2.12 bits per heavy atom. The minimum atomic E-state index is 0.0454. The summed E-state index contributed by atoms with van der Waals surface area (Å²) in [6.07, 6.45) is 2.17. The number of rotatable bonds is 5. The van der Waals surface area contributed by atoms with Crippen molar-refractivity contribution in [3.05, 3.63) is 47.5 Å². The van der Waals surface area contributed by atoms with Crippen LogP contribution in [0, 0.1) is 6.92 Å². The topological polar surface area (TPSA) is 12.0 Å². The van der Waals surface area contributed by atoms with Gasteiger partial charge in [0, 0.05) is 5.54 Å². The average Bonchev–Trinajstić information content (AvgIpc) is 2.26. The van der Waals surface area contributed by atoms with Gasteiger partial charge in [0.1, 0.15) is 0 Å². The van der Waals surface area contributed by atoms with Crippen molar-refractivity contribution in [2.75, 3.05) is 7.05 Å². The molecule has 0 bridgehead atoms. The fourth-order valence-corrected chi connectivity index (χ4v) is 1.81. The second-order valence-electron chi connectivity index (χ2n) is 4.85. The van der Waals surface area contributed by atoms with Crippen molar-refractivity contribution >= 4 is 0 Å². The summed E-state index contributed by atoms with van der Waals surface area (Å²) >= 11 is 0. The van der Waals surface area contributed by atoms with Crippen molar-refractivity contribution in [2.24, 2.45) is 0 Å². The molecule has 0 fully saturated rings. The average molecular weight is 217 g/mol. The summed E-state index contributed by atoms with van der Waals surface area (Å²) in [5.41, 5.74) is 3.98. The van der Waals surface area contributed by atoms with Crippen LogP contribution in [0.25, 0.3) is 0 Å². The van der Waals surface area contributed by atoms with Gasteiger partial charge in [-0.15, -0.1) is 0 Å². The molecule has 1 aromatic carbocycles. The standard InChI is InChI=1S/C15H23N/c1-12(2)15(4,16-5)10-9-14-8-6-7-13(3)11-14/h6-8,11,16H,1,9-10H2,2-5H3. The zero-order valence-electron chi connectivity index (χ0n) is 10.9. The molecule has 1 heteroatoms. The van der Waals surface area contributed by atoms with Crippen LogP contribution in [0.1, 0.15) is 31.4 Å². The van der Waals surface area contributed by atoms with Crippen LogP contribution in [0.3, 0.4) is 0 Å². The lowest BCUT2D eigenvalue weighted by atomic mass is 9.87. The first-order valence-corrected chi connectivity index (χ1v) is 5.88. The highest BCUT2D eigenvalue weighted by molar-refractivity contribution is 5.23. The fraction of sp³-hybridized carbons (Fsp3) is 0.467. The number of hydrogen-bond acceptors (Lipinski definition) is 1. The minimum Gasteiger partial charge on any atom is -0.311 e. The van der Waals surface area contributed by atoms with E-state index >= 15 is 0 Å². The maximum absolute atomic E-state index is 4.07. The number of nitrogens with one attached hydrogen (secondary N) is 1. The summed E-state index contributed by atoms with van der Waals surface area (Å²) in [7, 11) is 2.00. The smallest absolute Gasteiger partial charge is 0.0360 e. The van der Waals surface area contributed by atoms with E-state index in [2.05, 4.69) is 56.9 Å². The molecule has 1 atom stereocenters. The highest BCUT2D eigenvalue weighted by Gasteiger charge is 2.22. The van der Waals surface area contributed by atoms with E-state index in [-0.39, 0.29) is 5.54 Å². The van der Waals surface area contributed by atoms with Crippen molar-refractivity contribution < 1.29 is 0 Å². The van der Waals surface area contributed by atoms with E-state index in [0.717, 1.165) is 12.8 Å². The minimum absolute atomic E-state index is 0.0454. The molecule has 0 heterocycles. The van der Waals surface area contributed by atoms with Crippen LogP contribution in [-0.4, -0.2) is 12.6 Å². The summed E-state index contributed by atoms with van der Waals surface area (Å²) in [6, 6.07) is 8.72. The number of hydrogen-bond donors (Lipinski definition) is 1. The van der Waals surface area contributed by atoms with Gasteiger partial charge in [0.2, 0.25) is 0 Å². The summed E-state index contributed by atoms with van der Waals surface area (Å²) < 4.78 is 0. The zero-order chi connectivity index (χ0) is 12.2. The monoisotopic (exact) mass is 217 g/mol. The first-order chi connectivity index (χ1) is 7.48. The predicted octanol–water partition coefficient (Wildman–Crippen LogP) is 3.48. The first kappa shape index (κ1) is 13.0. The molecule has 1 rings (SSSR count). The molecule has 0 aliphatic carbocycles. The lowest BCUT2D eigenvalue weighted by Gasteiger charge is -2.30. The number of likely N-dealkylation sites (N-methyl/N-ethyl adjacent to an activating group) is 1. The quantitative estimate of drug-likeness (QED) is 0.745. The van der Waals surface area contributed by atoms with E-state index in [1.807, 2.05) is 7.05 Å². The third-order valence-corrected chi connectivity index (χ3v) is 3.49. The molecular weight excluding hydrogens is 194 g/mol. The van der Waals surface area contributed by atoms with E-state index in [1.54, 1.807) is 0 Å². The van der Waals surface area contributed by atoms with Gasteiger partial charge in [0.05, 0.1) is 0 Å². The molecule has 0 aliphatic rings. The maximum Gasteiger partial charge on any atom is 0.0360 e. The van der Waals surface area contributed by atoms with E-state index in [9.17, 15) is 0 Å². The molecular formula is C15H23N. The summed E-state index contributed by atoms with van der Waals surface area (Å²) in [4.78, 5) is 0. The van der Waals surface area contributed by atoms with Crippen LogP contribution >= 0.6 is 0 Å². The maximum atomic E-state index is 4.07. The molecule has 0 amide bonds. The molecule has 0 aliphatic heterocycles. The highest BCUT2D eigenvalue weighted by atomic mass is 14.9. The Hall–Kier alpha value is -1.08. The lowest BCUT2D eigenvalue weighted by Crippen LogP contribution is -2.41. The molecule has 1 nitrogen and oxygen atoms in total. The molecule has 88 valence electrons. The fourth-order valence-electron chi connectivity index (χ4n) is 1.81. The van der Waals surface area contributed by atoms with E-state index < -0.39 is 0 Å². The molecule has 1 aromatic rings. The van der Waals surface area contributed by atoms with Gasteiger partial charge in [-0.05, 0) is 46.2 Å². The Labute approximate surface area is 99.6 Å². The third kappa shape index (κ3) is 3.21. The largest absolute Gasteiger partial charge is 0.311 e. The molecule has 1 N–H and O–H groups in total. The van der Waals surface area contributed by atoms with Crippen LogP contribution in [0.4, 0.5) is 0 Å². The first-order valence-electron chi connectivity index (χ1n) is 5.88. The normalized spacial score (nSPS) is 14.5. The van der Waals surface area contributed by atoms with Crippen molar-refractivity contribution in [1.29, 1.82) is 0 Å². The summed E-state index contributed by atoms with van der Waals surface area (Å²) in [5, 5.41) is 3.36. The Morgan fingerprint density at radius 3 is 2.62 bits per heavy atom. The van der Waals surface area contributed by atoms with Crippen molar-refractivity contribution in [3.63, 3.8) is 0 Å². The molecule has 0 saturated carbocycles. The van der Waals surface area contributed by atoms with Crippen LogP contribution in [0.2, 0.25) is 0 Å². The summed E-state index contributed by atoms with van der Waals surface area (Å²) in [6.45, 7) is 10.5. The van der Waals surface area contributed by atoms with Crippen molar-refractivity contribution in [1.82, 2.24) is 5.32 Å². The SMILES string of the molecule is C=C(C)C(C)(CCc1cccc(C)c1)NC. The predicted molar refractivity (Wildman–Crippen MR) is 71.8 cm³/mol. The van der Waals surface area contributed by atoms with Gasteiger partial charge in [-0.25, -0.2) is 0 Å². The van der Waals surface area contributed by atoms with E-state index in [1.165, 1.54) is 16.7 Å². The Morgan fingerprint density at radius 1 is 1.44 bits per heavy atom. The van der Waals surface area contributed by atoms with Gasteiger partial charge in [0.25, 0.3) is 0 Å².